The van der Waals surface area contributed by atoms with Gasteiger partial charge in [0.1, 0.15) is 5.75 Å². The lowest BCUT2D eigenvalue weighted by molar-refractivity contribution is -0.145. The summed E-state index contributed by atoms with van der Waals surface area (Å²) in [5, 5.41) is 14.4. The van der Waals surface area contributed by atoms with Crippen LogP contribution in [-0.4, -0.2) is 43.3 Å². The number of hydrogen-bond acceptors (Lipinski definition) is 4. The molecule has 1 heterocycles. The summed E-state index contributed by atoms with van der Waals surface area (Å²) in [5.74, 6) is -1.30. The predicted octanol–water partition coefficient (Wildman–Crippen LogP) is 3.12. The van der Waals surface area contributed by atoms with Gasteiger partial charge in [0.2, 0.25) is 0 Å². The maximum atomic E-state index is 12.1. The van der Waals surface area contributed by atoms with E-state index in [4.69, 9.17) is 21.1 Å². The molecule has 0 spiro atoms. The third-order valence-corrected chi connectivity index (χ3v) is 5.19. The lowest BCUT2D eigenvalue weighted by atomic mass is 9.86. The Hall–Kier alpha value is -2.31. The molecule has 7 heteroatoms. The average Bonchev–Trinajstić information content (AvgIpc) is 2.68. The summed E-state index contributed by atoms with van der Waals surface area (Å²) in [6.45, 7) is 1.03. The second-order valence-electron chi connectivity index (χ2n) is 6.58. The van der Waals surface area contributed by atoms with E-state index in [1.165, 1.54) is 0 Å². The van der Waals surface area contributed by atoms with E-state index in [1.54, 1.807) is 12.1 Å². The molecule has 2 aromatic rings. The molecule has 2 aromatic carbocycles. The van der Waals surface area contributed by atoms with Crippen molar-refractivity contribution in [1.82, 2.24) is 5.32 Å². The highest BCUT2D eigenvalue weighted by atomic mass is 35.5. The van der Waals surface area contributed by atoms with Gasteiger partial charge < -0.3 is 19.9 Å². The van der Waals surface area contributed by atoms with Crippen molar-refractivity contribution in [1.29, 1.82) is 0 Å². The molecule has 1 aliphatic heterocycles. The summed E-state index contributed by atoms with van der Waals surface area (Å²) >= 11 is 6.18. The van der Waals surface area contributed by atoms with Crippen LogP contribution in [0.1, 0.15) is 12.8 Å². The number of aliphatic carboxylic acids is 1. The van der Waals surface area contributed by atoms with Crippen LogP contribution in [-0.2, 0) is 14.3 Å². The van der Waals surface area contributed by atoms with Gasteiger partial charge in [0, 0.05) is 35.6 Å². The Morgan fingerprint density at radius 1 is 1.19 bits per heavy atom. The first-order valence-corrected chi connectivity index (χ1v) is 9.31. The van der Waals surface area contributed by atoms with Crippen molar-refractivity contribution in [3.05, 3.63) is 41.4 Å². The molecule has 144 valence electrons. The molecule has 1 aliphatic rings. The average molecular weight is 392 g/mol. The number of rotatable bonds is 7. The maximum absolute atomic E-state index is 12.1. The van der Waals surface area contributed by atoms with Gasteiger partial charge in [-0.15, -0.1) is 0 Å². The smallest absolute Gasteiger partial charge is 0.308 e. The zero-order valence-electron chi connectivity index (χ0n) is 14.8. The molecule has 0 bridgehead atoms. The van der Waals surface area contributed by atoms with Crippen molar-refractivity contribution < 1.29 is 24.2 Å². The standard InChI is InChI=1S/C20H22ClNO5/c21-17-5-6-18(15-4-2-1-3-14(15)17)27-12-19(23)22-11-16(20(24)25)13-7-9-26-10-8-13/h1-6,13,16H,7-12H2,(H,22,23)(H,24,25). The first-order chi connectivity index (χ1) is 13.1. The monoisotopic (exact) mass is 391 g/mol. The largest absolute Gasteiger partial charge is 0.483 e. The number of carboxylic acid groups (broad SMARTS) is 1. The van der Waals surface area contributed by atoms with Crippen molar-refractivity contribution in [3.8, 4) is 5.75 Å². The van der Waals surface area contributed by atoms with Crippen LogP contribution in [0.25, 0.3) is 10.8 Å². The number of carboxylic acids is 1. The number of nitrogens with one attached hydrogen (secondary N) is 1. The van der Waals surface area contributed by atoms with E-state index in [-0.39, 0.29) is 25.0 Å². The third-order valence-electron chi connectivity index (χ3n) is 4.86. The van der Waals surface area contributed by atoms with Crippen molar-refractivity contribution in [2.75, 3.05) is 26.4 Å². The first-order valence-electron chi connectivity index (χ1n) is 8.93. The van der Waals surface area contributed by atoms with Crippen LogP contribution in [0.3, 0.4) is 0 Å². The number of ether oxygens (including phenoxy) is 2. The molecular formula is C20H22ClNO5. The van der Waals surface area contributed by atoms with Gasteiger partial charge in [-0.1, -0.05) is 35.9 Å². The summed E-state index contributed by atoms with van der Waals surface area (Å²) in [7, 11) is 0. The van der Waals surface area contributed by atoms with Gasteiger partial charge in [-0.3, -0.25) is 9.59 Å². The molecule has 0 radical (unpaired) electrons. The second kappa shape index (κ2) is 9.06. The van der Waals surface area contributed by atoms with Crippen LogP contribution in [0.5, 0.6) is 5.75 Å². The molecule has 1 saturated heterocycles. The van der Waals surface area contributed by atoms with E-state index in [1.807, 2.05) is 24.3 Å². The number of halogens is 1. The number of hydrogen-bond donors (Lipinski definition) is 2. The number of carbonyl (C=O) groups is 2. The Labute approximate surface area is 162 Å². The Kier molecular flexibility index (Phi) is 6.53. The third kappa shape index (κ3) is 4.90. The number of fused-ring (bicyclic) bond motifs is 1. The zero-order chi connectivity index (χ0) is 19.2. The Bertz CT molecular complexity index is 819. The van der Waals surface area contributed by atoms with E-state index in [0.29, 0.717) is 36.8 Å². The predicted molar refractivity (Wildman–Crippen MR) is 102 cm³/mol. The maximum Gasteiger partial charge on any atom is 0.308 e. The van der Waals surface area contributed by atoms with E-state index in [2.05, 4.69) is 5.32 Å². The summed E-state index contributed by atoms with van der Waals surface area (Å²) in [5.41, 5.74) is 0. The molecule has 2 N–H and O–H groups in total. The fourth-order valence-electron chi connectivity index (χ4n) is 3.35. The molecule has 1 unspecified atom stereocenters. The van der Waals surface area contributed by atoms with Gasteiger partial charge in [-0.25, -0.2) is 0 Å². The normalized spacial score (nSPS) is 16.0. The van der Waals surface area contributed by atoms with E-state index < -0.39 is 11.9 Å². The molecule has 0 aromatic heterocycles. The van der Waals surface area contributed by atoms with Gasteiger partial charge in [0.15, 0.2) is 6.61 Å². The lowest BCUT2D eigenvalue weighted by Crippen LogP contribution is -2.40. The van der Waals surface area contributed by atoms with Crippen molar-refractivity contribution in [2.45, 2.75) is 12.8 Å². The van der Waals surface area contributed by atoms with Gasteiger partial charge in [-0.2, -0.15) is 0 Å². The summed E-state index contributed by atoms with van der Waals surface area (Å²) in [4.78, 5) is 23.7. The summed E-state index contributed by atoms with van der Waals surface area (Å²) in [6, 6.07) is 11.0. The molecule has 1 fully saturated rings. The second-order valence-corrected chi connectivity index (χ2v) is 6.99. The number of benzene rings is 2. The minimum Gasteiger partial charge on any atom is -0.483 e. The van der Waals surface area contributed by atoms with Gasteiger partial charge in [0.05, 0.1) is 5.92 Å². The highest BCUT2D eigenvalue weighted by Crippen LogP contribution is 2.31. The molecule has 0 saturated carbocycles. The van der Waals surface area contributed by atoms with Gasteiger partial charge in [-0.05, 0) is 30.9 Å². The Morgan fingerprint density at radius 3 is 2.59 bits per heavy atom. The van der Waals surface area contributed by atoms with Crippen molar-refractivity contribution in [2.24, 2.45) is 11.8 Å². The van der Waals surface area contributed by atoms with Crippen LogP contribution >= 0.6 is 11.6 Å². The molecule has 1 atom stereocenters. The number of carbonyl (C=O) groups excluding carboxylic acids is 1. The summed E-state index contributed by atoms with van der Waals surface area (Å²) < 4.78 is 10.9. The van der Waals surface area contributed by atoms with E-state index >= 15 is 0 Å². The SMILES string of the molecule is O=C(COc1ccc(Cl)c2ccccc12)NCC(C(=O)O)C1CCOCC1. The molecular weight excluding hydrogens is 370 g/mol. The topological polar surface area (TPSA) is 84.9 Å². The van der Waals surface area contributed by atoms with Crippen molar-refractivity contribution >= 4 is 34.2 Å². The van der Waals surface area contributed by atoms with Crippen molar-refractivity contribution in [3.63, 3.8) is 0 Å². The Balaban J connectivity index is 1.56. The van der Waals surface area contributed by atoms with Crippen LogP contribution in [0.15, 0.2) is 36.4 Å². The molecule has 1 amide bonds. The van der Waals surface area contributed by atoms with E-state index in [0.717, 1.165) is 10.8 Å². The minimum atomic E-state index is -0.896. The molecule has 0 aliphatic carbocycles. The number of amides is 1. The minimum absolute atomic E-state index is 0.0117. The fraction of sp³-hybridized carbons (Fsp3) is 0.400. The fourth-order valence-corrected chi connectivity index (χ4v) is 3.58. The summed E-state index contributed by atoms with van der Waals surface area (Å²) in [6.07, 6.45) is 1.39. The van der Waals surface area contributed by atoms with Crippen LogP contribution in [0.4, 0.5) is 0 Å². The first kappa shape index (κ1) is 19.5. The highest BCUT2D eigenvalue weighted by Gasteiger charge is 2.30. The van der Waals surface area contributed by atoms with Crippen LogP contribution in [0, 0.1) is 11.8 Å². The molecule has 3 rings (SSSR count). The molecule has 27 heavy (non-hydrogen) atoms. The van der Waals surface area contributed by atoms with Gasteiger partial charge in [0.25, 0.3) is 5.91 Å². The zero-order valence-corrected chi connectivity index (χ0v) is 15.6. The lowest BCUT2D eigenvalue weighted by Gasteiger charge is -2.27. The van der Waals surface area contributed by atoms with E-state index in [9.17, 15) is 14.7 Å². The van der Waals surface area contributed by atoms with Crippen LogP contribution < -0.4 is 10.1 Å². The van der Waals surface area contributed by atoms with Crippen LogP contribution in [0.2, 0.25) is 5.02 Å². The molecule has 6 nitrogen and oxygen atoms in total. The Morgan fingerprint density at radius 2 is 1.89 bits per heavy atom. The quantitative estimate of drug-likeness (QED) is 0.757. The highest BCUT2D eigenvalue weighted by molar-refractivity contribution is 6.35. The van der Waals surface area contributed by atoms with Gasteiger partial charge >= 0.3 is 5.97 Å².